The number of anilines is 3. The summed E-state index contributed by atoms with van der Waals surface area (Å²) in [5, 5.41) is 7.05. The first-order valence-electron chi connectivity index (χ1n) is 12.6. The molecule has 184 valence electrons. The van der Waals surface area contributed by atoms with Crippen LogP contribution < -0.4 is 25.2 Å². The van der Waals surface area contributed by atoms with Crippen LogP contribution in [0, 0.1) is 11.8 Å². The van der Waals surface area contributed by atoms with E-state index in [-0.39, 0.29) is 0 Å². The molecule has 2 atom stereocenters. The van der Waals surface area contributed by atoms with Gasteiger partial charge in [0, 0.05) is 38.8 Å². The van der Waals surface area contributed by atoms with Gasteiger partial charge in [0.15, 0.2) is 5.11 Å². The zero-order valence-corrected chi connectivity index (χ0v) is 21.5. The summed E-state index contributed by atoms with van der Waals surface area (Å²) < 4.78 is 5.23. The highest BCUT2D eigenvalue weighted by atomic mass is 32.1. The number of nitrogens with zero attached hydrogens (tertiary/aromatic N) is 4. The second-order valence-electron chi connectivity index (χ2n) is 9.82. The Morgan fingerprint density at radius 2 is 1.59 bits per heavy atom. The molecule has 2 aliphatic heterocycles. The van der Waals surface area contributed by atoms with Gasteiger partial charge in [-0.15, -0.1) is 0 Å². The minimum absolute atomic E-state index is 0.523. The lowest BCUT2D eigenvalue weighted by molar-refractivity contribution is 0.355. The van der Waals surface area contributed by atoms with Crippen molar-refractivity contribution in [3.05, 3.63) is 35.9 Å². The molecule has 0 bridgehead atoms. The van der Waals surface area contributed by atoms with Gasteiger partial charge in [-0.25, -0.2) is 0 Å². The number of hydrogen-bond donors (Lipinski definition) is 2. The maximum Gasteiger partial charge on any atom is 0.232 e. The Hall–Kier alpha value is -2.61. The Bertz CT molecular complexity index is 935. The standard InChI is InChI=1S/C26H38N6OS/c1-19-14-20(2)18-32(17-19)24-15-23(31-12-6-4-5-7-13-31)28-25(29-24)30-26(34)27-16-21-8-10-22(33-3)11-9-21/h8-11,15,19-20H,4-7,12-14,16-18H2,1-3H3,(H2,27,28,29,30,34). The summed E-state index contributed by atoms with van der Waals surface area (Å²) in [6.07, 6.45) is 6.27. The van der Waals surface area contributed by atoms with E-state index >= 15 is 0 Å². The number of aromatic nitrogens is 2. The lowest BCUT2D eigenvalue weighted by Crippen LogP contribution is -2.39. The second-order valence-corrected chi connectivity index (χ2v) is 10.2. The molecule has 34 heavy (non-hydrogen) atoms. The van der Waals surface area contributed by atoms with Crippen molar-refractivity contribution in [2.45, 2.75) is 52.5 Å². The molecule has 2 saturated heterocycles. The average molecular weight is 483 g/mol. The third-order valence-electron chi connectivity index (χ3n) is 6.66. The molecule has 2 aromatic rings. The van der Waals surface area contributed by atoms with Crippen LogP contribution in [0.5, 0.6) is 5.75 Å². The fraction of sp³-hybridized carbons (Fsp3) is 0.577. The first-order chi connectivity index (χ1) is 16.5. The number of piperidine rings is 1. The third-order valence-corrected chi connectivity index (χ3v) is 6.91. The molecule has 0 saturated carbocycles. The molecular weight excluding hydrogens is 444 g/mol. The molecule has 2 aliphatic rings. The maximum absolute atomic E-state index is 5.59. The van der Waals surface area contributed by atoms with Crippen molar-refractivity contribution < 1.29 is 4.74 Å². The van der Waals surface area contributed by atoms with Crippen molar-refractivity contribution in [3.63, 3.8) is 0 Å². The van der Waals surface area contributed by atoms with Crippen LogP contribution in [0.3, 0.4) is 0 Å². The molecule has 2 unspecified atom stereocenters. The molecule has 7 nitrogen and oxygen atoms in total. The Morgan fingerprint density at radius 1 is 0.971 bits per heavy atom. The van der Waals surface area contributed by atoms with Gasteiger partial charge in [-0.1, -0.05) is 38.8 Å². The van der Waals surface area contributed by atoms with Crippen LogP contribution in [0.25, 0.3) is 0 Å². The Morgan fingerprint density at radius 3 is 2.21 bits per heavy atom. The van der Waals surface area contributed by atoms with Crippen LogP contribution in [0.2, 0.25) is 0 Å². The van der Waals surface area contributed by atoms with E-state index in [2.05, 4.69) is 40.3 Å². The van der Waals surface area contributed by atoms with Gasteiger partial charge in [-0.2, -0.15) is 9.97 Å². The molecule has 8 heteroatoms. The van der Waals surface area contributed by atoms with Gasteiger partial charge in [-0.3, -0.25) is 0 Å². The monoisotopic (exact) mass is 482 g/mol. The normalized spacial score (nSPS) is 21.0. The van der Waals surface area contributed by atoms with Gasteiger partial charge in [0.1, 0.15) is 17.4 Å². The fourth-order valence-electron chi connectivity index (χ4n) is 5.02. The number of hydrogen-bond acceptors (Lipinski definition) is 6. The fourth-order valence-corrected chi connectivity index (χ4v) is 5.19. The number of benzene rings is 1. The van der Waals surface area contributed by atoms with Crippen molar-refractivity contribution in [1.82, 2.24) is 15.3 Å². The van der Waals surface area contributed by atoms with Gasteiger partial charge in [-0.05, 0) is 61.0 Å². The molecule has 0 aliphatic carbocycles. The van der Waals surface area contributed by atoms with Crippen molar-refractivity contribution in [2.75, 3.05) is 48.4 Å². The molecule has 0 spiro atoms. The van der Waals surface area contributed by atoms with E-state index in [0.717, 1.165) is 49.1 Å². The highest BCUT2D eigenvalue weighted by molar-refractivity contribution is 7.80. The van der Waals surface area contributed by atoms with Crippen molar-refractivity contribution in [3.8, 4) is 5.75 Å². The van der Waals surface area contributed by atoms with E-state index < -0.39 is 0 Å². The van der Waals surface area contributed by atoms with Gasteiger partial charge < -0.3 is 25.2 Å². The second kappa shape index (κ2) is 11.7. The van der Waals surface area contributed by atoms with E-state index in [9.17, 15) is 0 Å². The summed E-state index contributed by atoms with van der Waals surface area (Å²) in [5.41, 5.74) is 1.13. The lowest BCUT2D eigenvalue weighted by atomic mass is 9.92. The van der Waals surface area contributed by atoms with E-state index in [1.165, 1.54) is 32.1 Å². The largest absolute Gasteiger partial charge is 0.497 e. The van der Waals surface area contributed by atoms with E-state index in [1.807, 2.05) is 24.3 Å². The van der Waals surface area contributed by atoms with Crippen LogP contribution in [-0.2, 0) is 6.54 Å². The summed E-state index contributed by atoms with van der Waals surface area (Å²) in [6, 6.07) is 10.1. The van der Waals surface area contributed by atoms with Gasteiger partial charge in [0.25, 0.3) is 0 Å². The summed E-state index contributed by atoms with van der Waals surface area (Å²) in [5.74, 6) is 4.71. The number of methoxy groups -OCH3 is 1. The van der Waals surface area contributed by atoms with Crippen molar-refractivity contribution in [2.24, 2.45) is 11.8 Å². The molecule has 1 aromatic carbocycles. The van der Waals surface area contributed by atoms with Crippen molar-refractivity contribution >= 4 is 34.9 Å². The Labute approximate surface area is 209 Å². The quantitative estimate of drug-likeness (QED) is 0.568. The lowest BCUT2D eigenvalue weighted by Gasteiger charge is -2.36. The van der Waals surface area contributed by atoms with Gasteiger partial charge in [0.2, 0.25) is 5.95 Å². The van der Waals surface area contributed by atoms with Crippen LogP contribution in [-0.4, -0.2) is 48.4 Å². The van der Waals surface area contributed by atoms with E-state index in [4.69, 9.17) is 26.9 Å². The zero-order valence-electron chi connectivity index (χ0n) is 20.7. The average Bonchev–Trinajstić information content (AvgIpc) is 3.12. The molecule has 2 N–H and O–H groups in total. The third kappa shape index (κ3) is 6.72. The molecule has 0 amide bonds. The highest BCUT2D eigenvalue weighted by Crippen LogP contribution is 2.29. The smallest absolute Gasteiger partial charge is 0.232 e. The number of thiocarbonyl (C=S) groups is 1. The Kier molecular flexibility index (Phi) is 8.43. The number of ether oxygens (including phenoxy) is 1. The first kappa shape index (κ1) is 24.5. The highest BCUT2D eigenvalue weighted by Gasteiger charge is 2.24. The number of rotatable bonds is 6. The SMILES string of the molecule is COc1ccc(CNC(=S)Nc2nc(N3CCCCCC3)cc(N3CC(C)CC(C)C3)n2)cc1. The van der Waals surface area contributed by atoms with Gasteiger partial charge in [0.05, 0.1) is 7.11 Å². The van der Waals surface area contributed by atoms with Gasteiger partial charge >= 0.3 is 0 Å². The molecule has 2 fully saturated rings. The number of nitrogens with one attached hydrogen (secondary N) is 2. The van der Waals surface area contributed by atoms with E-state index in [1.54, 1.807) is 7.11 Å². The topological polar surface area (TPSA) is 65.6 Å². The summed E-state index contributed by atoms with van der Waals surface area (Å²) >= 11 is 5.59. The molecule has 3 heterocycles. The van der Waals surface area contributed by atoms with Crippen LogP contribution in [0.4, 0.5) is 17.6 Å². The summed E-state index contributed by atoms with van der Waals surface area (Å²) in [6.45, 7) is 9.43. The predicted octanol–water partition coefficient (Wildman–Crippen LogP) is 4.83. The zero-order chi connectivity index (χ0) is 23.9. The Balaban J connectivity index is 1.49. The summed E-state index contributed by atoms with van der Waals surface area (Å²) in [7, 11) is 1.67. The first-order valence-corrected chi connectivity index (χ1v) is 13.0. The minimum atomic E-state index is 0.523. The minimum Gasteiger partial charge on any atom is -0.497 e. The predicted molar refractivity (Wildman–Crippen MR) is 144 cm³/mol. The van der Waals surface area contributed by atoms with Crippen LogP contribution in [0.15, 0.2) is 30.3 Å². The van der Waals surface area contributed by atoms with Crippen LogP contribution >= 0.6 is 12.2 Å². The summed E-state index contributed by atoms with van der Waals surface area (Å²) in [4.78, 5) is 14.6. The molecular formula is C26H38N6OS. The maximum atomic E-state index is 5.59. The van der Waals surface area contributed by atoms with E-state index in [0.29, 0.717) is 29.4 Å². The van der Waals surface area contributed by atoms with Crippen molar-refractivity contribution in [1.29, 1.82) is 0 Å². The van der Waals surface area contributed by atoms with Crippen LogP contribution in [0.1, 0.15) is 51.5 Å². The molecule has 0 radical (unpaired) electrons. The molecule has 1 aromatic heterocycles. The molecule has 4 rings (SSSR count).